The van der Waals surface area contributed by atoms with Crippen LogP contribution < -0.4 is 4.90 Å². The third kappa shape index (κ3) is 2.15. The quantitative estimate of drug-likeness (QED) is 0.796. The van der Waals surface area contributed by atoms with Crippen LogP contribution in [0.4, 0.5) is 5.13 Å². The molecule has 0 N–H and O–H groups in total. The van der Waals surface area contributed by atoms with Gasteiger partial charge in [-0.15, -0.1) is 0 Å². The van der Waals surface area contributed by atoms with E-state index in [9.17, 15) is 13.2 Å². The van der Waals surface area contributed by atoms with Gasteiger partial charge in [0, 0.05) is 17.4 Å². The Bertz CT molecular complexity index is 861. The van der Waals surface area contributed by atoms with Gasteiger partial charge in [-0.25, -0.2) is 13.4 Å². The van der Waals surface area contributed by atoms with Crippen LogP contribution in [0.2, 0.25) is 5.02 Å². The minimum atomic E-state index is -3.04. The monoisotopic (exact) mass is 342 g/mol. The van der Waals surface area contributed by atoms with Crippen LogP contribution in [0.15, 0.2) is 18.2 Å². The standard InChI is InChI=1S/C13H11ClN2O3S2/c14-8-1-2-9-11(4-8)20-13(15-9)16-10-6-21(18,19)5-7(10)3-12(16)17/h1-2,4,7,10H,3,5-6H2/t7-,10+/m0/s1. The van der Waals surface area contributed by atoms with Crippen LogP contribution >= 0.6 is 22.9 Å². The number of hydrogen-bond donors (Lipinski definition) is 0. The van der Waals surface area contributed by atoms with Crippen molar-refractivity contribution in [2.45, 2.75) is 12.5 Å². The fourth-order valence-corrected chi connectivity index (χ4v) is 6.51. The van der Waals surface area contributed by atoms with Crippen LogP contribution in [0.25, 0.3) is 10.2 Å². The van der Waals surface area contributed by atoms with Crippen LogP contribution in [0.1, 0.15) is 6.42 Å². The number of benzene rings is 1. The molecule has 110 valence electrons. The molecular formula is C13H11ClN2O3S2. The van der Waals surface area contributed by atoms with E-state index in [2.05, 4.69) is 4.98 Å². The first-order valence-electron chi connectivity index (χ1n) is 6.51. The van der Waals surface area contributed by atoms with Crippen molar-refractivity contribution in [1.82, 2.24) is 4.98 Å². The van der Waals surface area contributed by atoms with Gasteiger partial charge in [0.2, 0.25) is 5.91 Å². The Hall–Kier alpha value is -1.18. The molecule has 2 aromatic rings. The number of thiazole rings is 1. The number of aromatic nitrogens is 1. The van der Waals surface area contributed by atoms with Crippen molar-refractivity contribution in [3.8, 4) is 0 Å². The number of rotatable bonds is 1. The van der Waals surface area contributed by atoms with E-state index < -0.39 is 9.84 Å². The maximum Gasteiger partial charge on any atom is 0.229 e. The second-order valence-corrected chi connectivity index (χ2v) is 9.08. The molecule has 0 unspecified atom stereocenters. The summed E-state index contributed by atoms with van der Waals surface area (Å²) in [5.74, 6) is 0.0136. The number of carbonyl (C=O) groups excluding carboxylic acids is 1. The minimum Gasteiger partial charge on any atom is -0.284 e. The van der Waals surface area contributed by atoms with Crippen molar-refractivity contribution < 1.29 is 13.2 Å². The zero-order valence-corrected chi connectivity index (χ0v) is 13.2. The lowest BCUT2D eigenvalue weighted by molar-refractivity contribution is -0.117. The minimum absolute atomic E-state index is 0.0370. The smallest absolute Gasteiger partial charge is 0.229 e. The lowest BCUT2D eigenvalue weighted by atomic mass is 10.1. The van der Waals surface area contributed by atoms with E-state index >= 15 is 0 Å². The Balaban J connectivity index is 1.78. The first-order chi connectivity index (χ1) is 9.93. The Morgan fingerprint density at radius 3 is 2.95 bits per heavy atom. The largest absolute Gasteiger partial charge is 0.284 e. The van der Waals surface area contributed by atoms with Gasteiger partial charge in [-0.2, -0.15) is 0 Å². The molecule has 0 saturated carbocycles. The number of sulfone groups is 1. The summed E-state index contributed by atoms with van der Waals surface area (Å²) in [6.07, 6.45) is 0.292. The summed E-state index contributed by atoms with van der Waals surface area (Å²) in [6, 6.07) is 5.10. The Labute approximate surface area is 130 Å². The van der Waals surface area contributed by atoms with Crippen LogP contribution in [0, 0.1) is 5.92 Å². The lowest BCUT2D eigenvalue weighted by Gasteiger charge is -2.19. The summed E-state index contributed by atoms with van der Waals surface area (Å²) in [5.41, 5.74) is 0.775. The molecule has 0 aliphatic carbocycles. The van der Waals surface area contributed by atoms with Crippen molar-refractivity contribution in [3.63, 3.8) is 0 Å². The normalized spacial score (nSPS) is 27.5. The van der Waals surface area contributed by atoms with E-state index in [0.717, 1.165) is 10.2 Å². The maximum atomic E-state index is 12.2. The fourth-order valence-electron chi connectivity index (χ4n) is 3.13. The molecule has 21 heavy (non-hydrogen) atoms. The van der Waals surface area contributed by atoms with E-state index in [1.54, 1.807) is 17.0 Å². The molecule has 2 aliphatic rings. The fraction of sp³-hybridized carbons (Fsp3) is 0.385. The molecule has 2 aliphatic heterocycles. The van der Waals surface area contributed by atoms with Gasteiger partial charge < -0.3 is 0 Å². The molecule has 2 fully saturated rings. The maximum absolute atomic E-state index is 12.2. The molecule has 0 bridgehead atoms. The first-order valence-corrected chi connectivity index (χ1v) is 9.53. The molecule has 1 aromatic heterocycles. The lowest BCUT2D eigenvalue weighted by Crippen LogP contribution is -2.36. The second-order valence-electron chi connectivity index (χ2n) is 5.48. The summed E-state index contributed by atoms with van der Waals surface area (Å²) in [7, 11) is -3.04. The third-order valence-corrected chi connectivity index (χ3v) is 7.06. The highest BCUT2D eigenvalue weighted by molar-refractivity contribution is 7.91. The van der Waals surface area contributed by atoms with E-state index in [1.165, 1.54) is 11.3 Å². The highest BCUT2D eigenvalue weighted by Gasteiger charge is 2.50. The first kappa shape index (κ1) is 13.5. The molecule has 1 amide bonds. The van der Waals surface area contributed by atoms with E-state index in [1.807, 2.05) is 6.07 Å². The van der Waals surface area contributed by atoms with Gasteiger partial charge in [0.15, 0.2) is 15.0 Å². The summed E-state index contributed by atoms with van der Waals surface area (Å²) in [4.78, 5) is 18.3. The summed E-state index contributed by atoms with van der Waals surface area (Å²) >= 11 is 7.34. The van der Waals surface area contributed by atoms with Gasteiger partial charge in [0.25, 0.3) is 0 Å². The SMILES string of the molecule is O=C1C[C@H]2CS(=O)(=O)C[C@H]2N1c1nc2ccc(Cl)cc2s1. The van der Waals surface area contributed by atoms with Crippen molar-refractivity contribution in [3.05, 3.63) is 23.2 Å². The molecule has 0 radical (unpaired) electrons. The Kier molecular flexibility index (Phi) is 2.83. The molecule has 2 saturated heterocycles. The van der Waals surface area contributed by atoms with E-state index in [-0.39, 0.29) is 29.4 Å². The van der Waals surface area contributed by atoms with Gasteiger partial charge in [-0.1, -0.05) is 22.9 Å². The topological polar surface area (TPSA) is 67.3 Å². The number of carbonyl (C=O) groups is 1. The van der Waals surface area contributed by atoms with Gasteiger partial charge in [-0.3, -0.25) is 9.69 Å². The zero-order valence-electron chi connectivity index (χ0n) is 10.8. The molecule has 1 aromatic carbocycles. The van der Waals surface area contributed by atoms with Crippen molar-refractivity contribution >= 4 is 54.0 Å². The molecule has 5 nitrogen and oxygen atoms in total. The number of anilines is 1. The predicted molar refractivity (Wildman–Crippen MR) is 82.7 cm³/mol. The van der Waals surface area contributed by atoms with Gasteiger partial charge >= 0.3 is 0 Å². The number of amides is 1. The van der Waals surface area contributed by atoms with Crippen molar-refractivity contribution in [2.75, 3.05) is 16.4 Å². The average molecular weight is 343 g/mol. The number of hydrogen-bond acceptors (Lipinski definition) is 5. The predicted octanol–water partition coefficient (Wildman–Crippen LogP) is 2.10. The third-order valence-electron chi connectivity index (χ3n) is 4.02. The van der Waals surface area contributed by atoms with E-state index in [0.29, 0.717) is 16.6 Å². The number of nitrogens with zero attached hydrogens (tertiary/aromatic N) is 2. The summed E-state index contributed by atoms with van der Waals surface area (Å²) < 4.78 is 24.4. The van der Waals surface area contributed by atoms with Crippen LogP contribution in [0.5, 0.6) is 0 Å². The number of halogens is 1. The van der Waals surface area contributed by atoms with Crippen molar-refractivity contribution in [2.24, 2.45) is 5.92 Å². The van der Waals surface area contributed by atoms with Gasteiger partial charge in [0.05, 0.1) is 27.8 Å². The van der Waals surface area contributed by atoms with Crippen LogP contribution in [-0.4, -0.2) is 36.9 Å². The van der Waals surface area contributed by atoms with Crippen LogP contribution in [-0.2, 0) is 14.6 Å². The highest BCUT2D eigenvalue weighted by Crippen LogP contribution is 2.40. The molecule has 4 rings (SSSR count). The summed E-state index contributed by atoms with van der Waals surface area (Å²) in [5, 5.41) is 1.19. The number of fused-ring (bicyclic) bond motifs is 2. The highest BCUT2D eigenvalue weighted by atomic mass is 35.5. The second kappa shape index (κ2) is 4.41. The molecule has 3 heterocycles. The Morgan fingerprint density at radius 2 is 2.14 bits per heavy atom. The summed E-state index contributed by atoms with van der Waals surface area (Å²) in [6.45, 7) is 0. The van der Waals surface area contributed by atoms with Gasteiger partial charge in [-0.05, 0) is 18.2 Å². The molecule has 0 spiro atoms. The average Bonchev–Trinajstić information content (AvgIpc) is 2.97. The Morgan fingerprint density at radius 1 is 1.33 bits per heavy atom. The van der Waals surface area contributed by atoms with Gasteiger partial charge in [0.1, 0.15) is 0 Å². The van der Waals surface area contributed by atoms with E-state index in [4.69, 9.17) is 11.6 Å². The molecule has 2 atom stereocenters. The molecule has 8 heteroatoms. The zero-order chi connectivity index (χ0) is 14.8. The van der Waals surface area contributed by atoms with Crippen LogP contribution in [0.3, 0.4) is 0 Å². The molecular weight excluding hydrogens is 332 g/mol. The van der Waals surface area contributed by atoms with Crippen molar-refractivity contribution in [1.29, 1.82) is 0 Å².